The standard InChI is InChI=1S/C27H35N3O2/c1-3-21-11-13-22(14-12-21)20(2)28-25(31)19-30-18-15-23-9-5-6-10-24(23)26(30)27(32)29-16-7-4-8-17-29/h5-6,9-14,20,26H,3-4,7-8,15-19H2,1-2H3,(H,28,31)/t20-,26+/m1/s1. The zero-order valence-electron chi connectivity index (χ0n) is 19.3. The van der Waals surface area contributed by atoms with Crippen molar-refractivity contribution in [1.82, 2.24) is 15.1 Å². The third-order valence-electron chi connectivity index (χ3n) is 6.90. The Balaban J connectivity index is 1.47. The molecule has 1 N–H and O–H groups in total. The van der Waals surface area contributed by atoms with Crippen LogP contribution in [0.4, 0.5) is 0 Å². The molecule has 0 bridgehead atoms. The molecule has 0 unspecified atom stereocenters. The van der Waals surface area contributed by atoms with Crippen molar-refractivity contribution in [2.45, 2.75) is 58.0 Å². The normalized spacial score (nSPS) is 19.8. The van der Waals surface area contributed by atoms with Gasteiger partial charge in [0.05, 0.1) is 12.6 Å². The third kappa shape index (κ3) is 5.04. The number of hydrogen-bond donors (Lipinski definition) is 1. The molecular formula is C27H35N3O2. The van der Waals surface area contributed by atoms with Crippen molar-refractivity contribution in [2.75, 3.05) is 26.2 Å². The number of rotatable bonds is 6. The molecule has 0 radical (unpaired) electrons. The number of fused-ring (bicyclic) bond motifs is 1. The molecule has 2 heterocycles. The van der Waals surface area contributed by atoms with E-state index in [2.05, 4.69) is 53.5 Å². The van der Waals surface area contributed by atoms with E-state index in [1.54, 1.807) is 0 Å². The van der Waals surface area contributed by atoms with Crippen molar-refractivity contribution in [3.63, 3.8) is 0 Å². The Bertz CT molecular complexity index is 934. The maximum atomic E-state index is 13.6. The van der Waals surface area contributed by atoms with Gasteiger partial charge in [0, 0.05) is 19.6 Å². The highest BCUT2D eigenvalue weighted by molar-refractivity contribution is 5.86. The quantitative estimate of drug-likeness (QED) is 0.748. The second-order valence-electron chi connectivity index (χ2n) is 9.09. The Kier molecular flexibility index (Phi) is 7.26. The number of benzene rings is 2. The molecule has 2 aliphatic heterocycles. The van der Waals surface area contributed by atoms with Crippen molar-refractivity contribution in [3.05, 3.63) is 70.8 Å². The van der Waals surface area contributed by atoms with E-state index in [0.717, 1.165) is 49.9 Å². The number of likely N-dealkylation sites (tertiary alicyclic amines) is 1. The van der Waals surface area contributed by atoms with Crippen LogP contribution in [0.25, 0.3) is 0 Å². The first-order valence-electron chi connectivity index (χ1n) is 12.1. The number of hydrogen-bond acceptors (Lipinski definition) is 3. The summed E-state index contributed by atoms with van der Waals surface area (Å²) in [5.41, 5.74) is 4.67. The number of nitrogens with zero attached hydrogens (tertiary/aromatic N) is 2. The molecule has 170 valence electrons. The molecule has 0 saturated carbocycles. The number of aryl methyl sites for hydroxylation is 1. The molecule has 4 rings (SSSR count). The van der Waals surface area contributed by atoms with Gasteiger partial charge in [-0.3, -0.25) is 14.5 Å². The zero-order chi connectivity index (χ0) is 22.5. The van der Waals surface area contributed by atoms with Crippen LogP contribution in [0.3, 0.4) is 0 Å². The van der Waals surface area contributed by atoms with Crippen LogP contribution < -0.4 is 5.32 Å². The third-order valence-corrected chi connectivity index (χ3v) is 6.90. The lowest BCUT2D eigenvalue weighted by Gasteiger charge is -2.39. The summed E-state index contributed by atoms with van der Waals surface area (Å²) in [4.78, 5) is 30.6. The SMILES string of the molecule is CCc1ccc([C@@H](C)NC(=O)CN2CCc3ccccc3[C@H]2C(=O)N2CCCCC2)cc1. The first kappa shape index (κ1) is 22.5. The highest BCUT2D eigenvalue weighted by atomic mass is 16.2. The minimum atomic E-state index is -0.372. The Labute approximate surface area is 191 Å². The first-order chi connectivity index (χ1) is 15.6. The molecule has 2 atom stereocenters. The van der Waals surface area contributed by atoms with Crippen molar-refractivity contribution >= 4 is 11.8 Å². The van der Waals surface area contributed by atoms with E-state index in [4.69, 9.17) is 0 Å². The number of carbonyl (C=O) groups excluding carboxylic acids is 2. The number of carbonyl (C=O) groups is 2. The van der Waals surface area contributed by atoms with Gasteiger partial charge in [0.1, 0.15) is 6.04 Å². The van der Waals surface area contributed by atoms with E-state index in [0.29, 0.717) is 6.54 Å². The van der Waals surface area contributed by atoms with Crippen LogP contribution in [0, 0.1) is 0 Å². The fourth-order valence-electron chi connectivity index (χ4n) is 4.96. The number of amides is 2. The monoisotopic (exact) mass is 433 g/mol. The summed E-state index contributed by atoms with van der Waals surface area (Å²) in [6.45, 7) is 6.74. The van der Waals surface area contributed by atoms with Gasteiger partial charge in [-0.05, 0) is 61.3 Å². The highest BCUT2D eigenvalue weighted by Crippen LogP contribution is 2.32. The summed E-state index contributed by atoms with van der Waals surface area (Å²) < 4.78 is 0. The van der Waals surface area contributed by atoms with Crippen molar-refractivity contribution in [2.24, 2.45) is 0 Å². The Morgan fingerprint density at radius 1 is 1.00 bits per heavy atom. The maximum Gasteiger partial charge on any atom is 0.244 e. The Morgan fingerprint density at radius 3 is 2.44 bits per heavy atom. The van der Waals surface area contributed by atoms with Gasteiger partial charge in [-0.2, -0.15) is 0 Å². The minimum Gasteiger partial charge on any atom is -0.348 e. The van der Waals surface area contributed by atoms with Gasteiger partial charge in [0.15, 0.2) is 0 Å². The molecule has 1 saturated heterocycles. The van der Waals surface area contributed by atoms with Gasteiger partial charge in [0.25, 0.3) is 0 Å². The maximum absolute atomic E-state index is 13.6. The average Bonchev–Trinajstić information content (AvgIpc) is 2.84. The molecule has 0 aromatic heterocycles. The molecule has 2 amide bonds. The zero-order valence-corrected chi connectivity index (χ0v) is 19.3. The summed E-state index contributed by atoms with van der Waals surface area (Å²) in [7, 11) is 0. The van der Waals surface area contributed by atoms with Crippen molar-refractivity contribution in [1.29, 1.82) is 0 Å². The van der Waals surface area contributed by atoms with E-state index >= 15 is 0 Å². The molecule has 0 aliphatic carbocycles. The predicted octanol–water partition coefficient (Wildman–Crippen LogP) is 4.04. The van der Waals surface area contributed by atoms with E-state index in [1.165, 1.54) is 17.5 Å². The molecule has 2 aliphatic rings. The fourth-order valence-corrected chi connectivity index (χ4v) is 4.96. The molecule has 0 spiro atoms. The second-order valence-corrected chi connectivity index (χ2v) is 9.09. The number of nitrogens with one attached hydrogen (secondary N) is 1. The molecule has 2 aromatic rings. The first-order valence-corrected chi connectivity index (χ1v) is 12.1. The van der Waals surface area contributed by atoms with Gasteiger partial charge in [-0.15, -0.1) is 0 Å². The second kappa shape index (κ2) is 10.3. The van der Waals surface area contributed by atoms with Crippen LogP contribution in [0.2, 0.25) is 0 Å². The largest absolute Gasteiger partial charge is 0.348 e. The number of piperidine rings is 1. The van der Waals surface area contributed by atoms with E-state index in [-0.39, 0.29) is 30.4 Å². The van der Waals surface area contributed by atoms with Crippen LogP contribution in [0.15, 0.2) is 48.5 Å². The van der Waals surface area contributed by atoms with Crippen molar-refractivity contribution in [3.8, 4) is 0 Å². The molecular weight excluding hydrogens is 398 g/mol. The van der Waals surface area contributed by atoms with Gasteiger partial charge in [0.2, 0.25) is 11.8 Å². The van der Waals surface area contributed by atoms with Gasteiger partial charge >= 0.3 is 0 Å². The molecule has 2 aromatic carbocycles. The Morgan fingerprint density at radius 2 is 1.72 bits per heavy atom. The highest BCUT2D eigenvalue weighted by Gasteiger charge is 2.36. The van der Waals surface area contributed by atoms with Gasteiger partial charge in [-0.1, -0.05) is 55.5 Å². The smallest absolute Gasteiger partial charge is 0.244 e. The molecule has 32 heavy (non-hydrogen) atoms. The summed E-state index contributed by atoms with van der Waals surface area (Å²) in [6.07, 6.45) is 5.18. The summed E-state index contributed by atoms with van der Waals surface area (Å²) in [5.74, 6) is 0.112. The predicted molar refractivity (Wildman–Crippen MR) is 127 cm³/mol. The summed E-state index contributed by atoms with van der Waals surface area (Å²) >= 11 is 0. The van der Waals surface area contributed by atoms with Crippen molar-refractivity contribution < 1.29 is 9.59 Å². The van der Waals surface area contributed by atoms with E-state index in [9.17, 15) is 9.59 Å². The summed E-state index contributed by atoms with van der Waals surface area (Å²) in [5, 5.41) is 3.14. The lowest BCUT2D eigenvalue weighted by atomic mass is 9.91. The molecule has 5 nitrogen and oxygen atoms in total. The molecule has 5 heteroatoms. The summed E-state index contributed by atoms with van der Waals surface area (Å²) in [6, 6.07) is 16.2. The van der Waals surface area contributed by atoms with Gasteiger partial charge < -0.3 is 10.2 Å². The van der Waals surface area contributed by atoms with Crippen LogP contribution in [-0.2, 0) is 22.4 Å². The van der Waals surface area contributed by atoms with Gasteiger partial charge in [-0.25, -0.2) is 0 Å². The van der Waals surface area contributed by atoms with Crippen LogP contribution in [-0.4, -0.2) is 47.8 Å². The minimum absolute atomic E-state index is 0.0344. The average molecular weight is 434 g/mol. The Hall–Kier alpha value is -2.66. The molecule has 1 fully saturated rings. The lowest BCUT2D eigenvalue weighted by Crippen LogP contribution is -2.50. The van der Waals surface area contributed by atoms with E-state index in [1.807, 2.05) is 24.0 Å². The van der Waals surface area contributed by atoms with Crippen LogP contribution in [0.1, 0.15) is 67.4 Å². The van der Waals surface area contributed by atoms with Crippen LogP contribution in [0.5, 0.6) is 0 Å². The topological polar surface area (TPSA) is 52.7 Å². The fraction of sp³-hybridized carbons (Fsp3) is 0.481. The lowest BCUT2D eigenvalue weighted by molar-refractivity contribution is -0.139. The van der Waals surface area contributed by atoms with Crippen LogP contribution >= 0.6 is 0 Å². The van der Waals surface area contributed by atoms with E-state index < -0.39 is 0 Å².